The number of carbonyl (C=O) groups excluding carboxylic acids is 1. The molecule has 2 aromatic carbocycles. The molecule has 0 saturated heterocycles. The van der Waals surface area contributed by atoms with Gasteiger partial charge < -0.3 is 5.11 Å². The standard InChI is InChI=1S/C16H10Br2N2O2/c1-2-10-3-4-11(15(21)7-10)9-19-20-16(22)13-6-5-12(17)8-14(13)18/h1,3-9,21H,(H,20,22)/b19-9+. The Morgan fingerprint density at radius 3 is 2.68 bits per heavy atom. The number of phenolic OH excluding ortho intramolecular Hbond substituents is 1. The Hall–Kier alpha value is -2.10. The molecule has 22 heavy (non-hydrogen) atoms. The summed E-state index contributed by atoms with van der Waals surface area (Å²) in [6, 6.07) is 9.94. The lowest BCUT2D eigenvalue weighted by Gasteiger charge is -2.03. The van der Waals surface area contributed by atoms with Crippen LogP contribution in [0.5, 0.6) is 5.75 Å². The fourth-order valence-electron chi connectivity index (χ4n) is 1.64. The molecule has 2 aromatic rings. The van der Waals surface area contributed by atoms with E-state index in [1.807, 2.05) is 0 Å². The SMILES string of the molecule is C#Cc1ccc(/C=N/NC(=O)c2ccc(Br)cc2Br)c(O)c1. The molecule has 0 radical (unpaired) electrons. The molecular weight excluding hydrogens is 412 g/mol. The first-order chi connectivity index (χ1) is 10.5. The van der Waals surface area contributed by atoms with Crippen LogP contribution < -0.4 is 5.43 Å². The van der Waals surface area contributed by atoms with Gasteiger partial charge in [-0.3, -0.25) is 4.79 Å². The van der Waals surface area contributed by atoms with E-state index in [1.165, 1.54) is 12.3 Å². The number of amides is 1. The average Bonchev–Trinajstić information content (AvgIpc) is 2.48. The Balaban J connectivity index is 2.09. The van der Waals surface area contributed by atoms with E-state index >= 15 is 0 Å². The molecule has 0 aliphatic heterocycles. The Morgan fingerprint density at radius 1 is 1.27 bits per heavy atom. The lowest BCUT2D eigenvalue weighted by Crippen LogP contribution is -2.18. The van der Waals surface area contributed by atoms with Gasteiger partial charge in [0.1, 0.15) is 5.75 Å². The number of carbonyl (C=O) groups is 1. The van der Waals surface area contributed by atoms with E-state index in [0.29, 0.717) is 21.2 Å². The highest BCUT2D eigenvalue weighted by Crippen LogP contribution is 2.22. The van der Waals surface area contributed by atoms with Crippen molar-refractivity contribution in [2.45, 2.75) is 0 Å². The number of nitrogens with zero attached hydrogens (tertiary/aromatic N) is 1. The van der Waals surface area contributed by atoms with Gasteiger partial charge in [-0.15, -0.1) is 6.42 Å². The van der Waals surface area contributed by atoms with Crippen molar-refractivity contribution in [2.24, 2.45) is 5.10 Å². The molecule has 0 aromatic heterocycles. The Bertz CT molecular complexity index is 795. The first-order valence-corrected chi connectivity index (χ1v) is 7.68. The summed E-state index contributed by atoms with van der Waals surface area (Å²) >= 11 is 6.63. The number of hydrogen-bond donors (Lipinski definition) is 2. The molecule has 2 rings (SSSR count). The minimum absolute atomic E-state index is 0.00160. The predicted molar refractivity (Wildman–Crippen MR) is 92.9 cm³/mol. The number of aromatic hydroxyl groups is 1. The van der Waals surface area contributed by atoms with Crippen molar-refractivity contribution in [3.05, 3.63) is 62.0 Å². The Kier molecular flexibility index (Phi) is 5.36. The summed E-state index contributed by atoms with van der Waals surface area (Å²) in [6.45, 7) is 0. The number of nitrogens with one attached hydrogen (secondary N) is 1. The van der Waals surface area contributed by atoms with Crippen molar-refractivity contribution >= 4 is 44.0 Å². The number of hydrogen-bond acceptors (Lipinski definition) is 3. The minimum atomic E-state index is -0.365. The minimum Gasteiger partial charge on any atom is -0.507 e. The van der Waals surface area contributed by atoms with Crippen LogP contribution in [-0.4, -0.2) is 17.2 Å². The van der Waals surface area contributed by atoms with Crippen LogP contribution >= 0.6 is 31.9 Å². The lowest BCUT2D eigenvalue weighted by molar-refractivity contribution is 0.0954. The highest BCUT2D eigenvalue weighted by Gasteiger charge is 2.09. The van der Waals surface area contributed by atoms with Gasteiger partial charge in [0.15, 0.2) is 0 Å². The van der Waals surface area contributed by atoms with Crippen LogP contribution in [0.3, 0.4) is 0 Å². The van der Waals surface area contributed by atoms with Gasteiger partial charge in [0.2, 0.25) is 0 Å². The smallest absolute Gasteiger partial charge is 0.272 e. The molecule has 0 spiro atoms. The maximum Gasteiger partial charge on any atom is 0.272 e. The average molecular weight is 422 g/mol. The summed E-state index contributed by atoms with van der Waals surface area (Å²) in [6.07, 6.45) is 6.59. The molecule has 0 unspecified atom stereocenters. The van der Waals surface area contributed by atoms with Gasteiger partial charge in [0.25, 0.3) is 5.91 Å². The van der Waals surface area contributed by atoms with Gasteiger partial charge in [-0.25, -0.2) is 5.43 Å². The molecule has 0 saturated carbocycles. The summed E-state index contributed by atoms with van der Waals surface area (Å²) in [7, 11) is 0. The third-order valence-electron chi connectivity index (χ3n) is 2.74. The number of phenols is 1. The van der Waals surface area contributed by atoms with Crippen LogP contribution in [0.4, 0.5) is 0 Å². The fourth-order valence-corrected chi connectivity index (χ4v) is 2.86. The third-order valence-corrected chi connectivity index (χ3v) is 3.89. The molecule has 0 bridgehead atoms. The van der Waals surface area contributed by atoms with Crippen LogP contribution in [0.1, 0.15) is 21.5 Å². The number of halogens is 2. The van der Waals surface area contributed by atoms with E-state index in [-0.39, 0.29) is 11.7 Å². The highest BCUT2D eigenvalue weighted by molar-refractivity contribution is 9.11. The van der Waals surface area contributed by atoms with Crippen LogP contribution in [0, 0.1) is 12.3 Å². The van der Waals surface area contributed by atoms with Gasteiger partial charge in [-0.1, -0.05) is 21.9 Å². The van der Waals surface area contributed by atoms with Crippen LogP contribution in [0.15, 0.2) is 50.4 Å². The lowest BCUT2D eigenvalue weighted by atomic mass is 10.1. The van der Waals surface area contributed by atoms with Crippen LogP contribution in [0.2, 0.25) is 0 Å². The quantitative estimate of drug-likeness (QED) is 0.451. The van der Waals surface area contributed by atoms with Gasteiger partial charge in [0, 0.05) is 20.1 Å². The molecule has 0 heterocycles. The summed E-state index contributed by atoms with van der Waals surface area (Å²) in [5.41, 5.74) is 3.87. The van der Waals surface area contributed by atoms with Crippen molar-refractivity contribution in [3.8, 4) is 18.1 Å². The summed E-state index contributed by atoms with van der Waals surface area (Å²) in [5.74, 6) is 2.05. The maximum atomic E-state index is 12.0. The first-order valence-electron chi connectivity index (χ1n) is 6.09. The van der Waals surface area contributed by atoms with Gasteiger partial charge in [-0.05, 0) is 52.3 Å². The summed E-state index contributed by atoms with van der Waals surface area (Å²) in [4.78, 5) is 12.0. The molecule has 0 aliphatic rings. The van der Waals surface area contributed by atoms with Gasteiger partial charge in [-0.2, -0.15) is 5.10 Å². The van der Waals surface area contributed by atoms with E-state index in [0.717, 1.165) is 4.47 Å². The largest absolute Gasteiger partial charge is 0.507 e. The fraction of sp³-hybridized carbons (Fsp3) is 0. The molecule has 4 nitrogen and oxygen atoms in total. The predicted octanol–water partition coefficient (Wildman–Crippen LogP) is 3.66. The molecule has 2 N–H and O–H groups in total. The van der Waals surface area contributed by atoms with Crippen molar-refractivity contribution < 1.29 is 9.90 Å². The van der Waals surface area contributed by atoms with Crippen molar-refractivity contribution in [1.29, 1.82) is 0 Å². The van der Waals surface area contributed by atoms with E-state index in [4.69, 9.17) is 6.42 Å². The molecular formula is C16H10Br2N2O2. The van der Waals surface area contributed by atoms with Crippen molar-refractivity contribution in [3.63, 3.8) is 0 Å². The van der Waals surface area contributed by atoms with E-state index in [9.17, 15) is 9.90 Å². The Morgan fingerprint density at radius 2 is 2.05 bits per heavy atom. The topological polar surface area (TPSA) is 61.7 Å². The van der Waals surface area contributed by atoms with Gasteiger partial charge >= 0.3 is 0 Å². The molecule has 0 aliphatic carbocycles. The molecule has 0 atom stereocenters. The summed E-state index contributed by atoms with van der Waals surface area (Å²) in [5, 5.41) is 13.6. The number of terminal acetylenes is 1. The normalized spacial score (nSPS) is 10.4. The van der Waals surface area contributed by atoms with E-state index in [1.54, 1.807) is 30.3 Å². The molecule has 110 valence electrons. The number of hydrazone groups is 1. The zero-order chi connectivity index (χ0) is 16.1. The van der Waals surface area contributed by atoms with Crippen LogP contribution in [0.25, 0.3) is 0 Å². The number of benzene rings is 2. The third kappa shape index (κ3) is 3.97. The molecule has 6 heteroatoms. The second-order valence-electron chi connectivity index (χ2n) is 4.24. The highest BCUT2D eigenvalue weighted by atomic mass is 79.9. The Labute approximate surface area is 144 Å². The molecule has 1 amide bonds. The summed E-state index contributed by atoms with van der Waals surface area (Å²) < 4.78 is 1.51. The van der Waals surface area contributed by atoms with E-state index < -0.39 is 0 Å². The first kappa shape index (κ1) is 16.3. The van der Waals surface area contributed by atoms with Gasteiger partial charge in [0.05, 0.1) is 11.8 Å². The van der Waals surface area contributed by atoms with E-state index in [2.05, 4.69) is 48.3 Å². The second kappa shape index (κ2) is 7.25. The van der Waals surface area contributed by atoms with Crippen molar-refractivity contribution in [2.75, 3.05) is 0 Å². The number of rotatable bonds is 3. The zero-order valence-corrected chi connectivity index (χ0v) is 14.3. The maximum absolute atomic E-state index is 12.0. The monoisotopic (exact) mass is 420 g/mol. The second-order valence-corrected chi connectivity index (χ2v) is 6.01. The van der Waals surface area contributed by atoms with Crippen LogP contribution in [-0.2, 0) is 0 Å². The zero-order valence-electron chi connectivity index (χ0n) is 11.2. The van der Waals surface area contributed by atoms with Crippen molar-refractivity contribution in [1.82, 2.24) is 5.43 Å². The molecule has 0 fully saturated rings.